The number of hydrogen-bond donors (Lipinski definition) is 0. The van der Waals surface area contributed by atoms with Crippen molar-refractivity contribution in [3.8, 4) is 0 Å². The summed E-state index contributed by atoms with van der Waals surface area (Å²) in [7, 11) is 6.36. The van der Waals surface area contributed by atoms with E-state index in [0.717, 1.165) is 25.8 Å². The molecular weight excluding hydrogens is 368 g/mol. The third-order valence-electron chi connectivity index (χ3n) is 8.19. The van der Waals surface area contributed by atoms with Crippen LogP contribution in [0.3, 0.4) is 0 Å². The SMILES string of the molecule is C[C@H]1[C@H](c2ccc(CN(C)C)n2C)O[C@@H]2O[C@]3(C)CC[C@H]4[C@H](C)CC[C@@H]1[C@@]24OO3. The molecule has 0 aromatic carbocycles. The van der Waals surface area contributed by atoms with E-state index in [2.05, 4.69) is 56.6 Å². The lowest BCUT2D eigenvalue weighted by Gasteiger charge is -2.60. The summed E-state index contributed by atoms with van der Waals surface area (Å²) in [5.74, 6) is 0.985. The van der Waals surface area contributed by atoms with E-state index in [-0.39, 0.29) is 12.4 Å². The van der Waals surface area contributed by atoms with Crippen molar-refractivity contribution in [2.75, 3.05) is 14.1 Å². The highest BCUT2D eigenvalue weighted by molar-refractivity contribution is 5.21. The monoisotopic (exact) mass is 404 g/mol. The zero-order chi connectivity index (χ0) is 20.6. The van der Waals surface area contributed by atoms with E-state index in [0.29, 0.717) is 23.7 Å². The van der Waals surface area contributed by atoms with Gasteiger partial charge in [-0.2, -0.15) is 0 Å². The first-order chi connectivity index (χ1) is 13.7. The molecule has 0 radical (unpaired) electrons. The maximum Gasteiger partial charge on any atom is 0.201 e. The van der Waals surface area contributed by atoms with Crippen molar-refractivity contribution in [3.05, 3.63) is 23.5 Å². The summed E-state index contributed by atoms with van der Waals surface area (Å²) < 4.78 is 15.6. The normalized spacial score (nSPS) is 46.6. The molecule has 1 spiro atoms. The van der Waals surface area contributed by atoms with Crippen LogP contribution in [0.15, 0.2) is 12.1 Å². The van der Waals surface area contributed by atoms with Crippen LogP contribution < -0.4 is 0 Å². The lowest BCUT2D eigenvalue weighted by atomic mass is 9.57. The van der Waals surface area contributed by atoms with E-state index < -0.39 is 11.4 Å². The van der Waals surface area contributed by atoms with Gasteiger partial charge in [0.05, 0.1) is 0 Å². The van der Waals surface area contributed by atoms with Gasteiger partial charge in [0.15, 0.2) is 11.9 Å². The molecule has 4 aliphatic heterocycles. The van der Waals surface area contributed by atoms with Crippen LogP contribution in [0.4, 0.5) is 0 Å². The van der Waals surface area contributed by atoms with Crippen LogP contribution in [0.5, 0.6) is 0 Å². The minimum atomic E-state index is -0.715. The first-order valence-electron chi connectivity index (χ1n) is 11.2. The number of aromatic nitrogens is 1. The van der Waals surface area contributed by atoms with Crippen molar-refractivity contribution < 1.29 is 19.2 Å². The second-order valence-electron chi connectivity index (χ2n) is 10.4. The summed E-state index contributed by atoms with van der Waals surface area (Å²) in [6, 6.07) is 4.46. The van der Waals surface area contributed by atoms with E-state index in [1.807, 2.05) is 6.92 Å². The van der Waals surface area contributed by atoms with Crippen LogP contribution in [0, 0.1) is 23.7 Å². The van der Waals surface area contributed by atoms with E-state index in [9.17, 15) is 0 Å². The fraction of sp³-hybridized carbons (Fsp3) is 0.826. The molecule has 6 heteroatoms. The topological polar surface area (TPSA) is 45.1 Å². The molecule has 1 aliphatic carbocycles. The number of hydrogen-bond acceptors (Lipinski definition) is 5. The molecule has 4 saturated heterocycles. The molecule has 0 unspecified atom stereocenters. The summed E-state index contributed by atoms with van der Waals surface area (Å²) in [6.07, 6.45) is 3.91. The number of ether oxygens (including phenoxy) is 2. The Balaban J connectivity index is 1.53. The fourth-order valence-corrected chi connectivity index (χ4v) is 6.58. The Kier molecular flexibility index (Phi) is 4.69. The molecule has 5 fully saturated rings. The van der Waals surface area contributed by atoms with Gasteiger partial charge in [0.2, 0.25) is 5.79 Å². The molecule has 6 nitrogen and oxygen atoms in total. The van der Waals surface area contributed by atoms with E-state index in [1.54, 1.807) is 0 Å². The van der Waals surface area contributed by atoms with Crippen LogP contribution in [0.2, 0.25) is 0 Å². The first-order valence-corrected chi connectivity index (χ1v) is 11.2. The lowest BCUT2D eigenvalue weighted by molar-refractivity contribution is -0.571. The molecule has 5 aliphatic rings. The molecule has 29 heavy (non-hydrogen) atoms. The molecule has 1 saturated carbocycles. The minimum absolute atomic E-state index is 0.00265. The Labute approximate surface area is 174 Å². The summed E-state index contributed by atoms with van der Waals surface area (Å²) in [6.45, 7) is 7.59. The standard InChI is InChI=1S/C23H36N2O4/c1-14-7-9-18-15(2)20(19-10-8-16(25(19)6)13-24(4)5)26-21-23(18)17(14)11-12-22(3,27-21)28-29-23/h8,10,14-15,17-18,20-21H,7,9,11-13H2,1-6H3/t14-,15-,17+,18+,20-,21-,22+,23-/m1/s1. The Morgan fingerprint density at radius 1 is 1.10 bits per heavy atom. The Bertz CT molecular complexity index is 779. The highest BCUT2D eigenvalue weighted by Crippen LogP contribution is 2.62. The number of fused-ring (bicyclic) bond motifs is 2. The van der Waals surface area contributed by atoms with E-state index in [4.69, 9.17) is 19.2 Å². The zero-order valence-electron chi connectivity index (χ0n) is 18.7. The van der Waals surface area contributed by atoms with Gasteiger partial charge in [0.1, 0.15) is 6.10 Å². The van der Waals surface area contributed by atoms with Gasteiger partial charge in [-0.15, -0.1) is 0 Å². The highest BCUT2D eigenvalue weighted by Gasteiger charge is 2.69. The third kappa shape index (κ3) is 2.87. The van der Waals surface area contributed by atoms with Crippen molar-refractivity contribution in [1.29, 1.82) is 0 Å². The summed E-state index contributed by atoms with van der Waals surface area (Å²) >= 11 is 0. The van der Waals surface area contributed by atoms with Crippen LogP contribution in [0.1, 0.15) is 63.9 Å². The van der Waals surface area contributed by atoms with Crippen molar-refractivity contribution in [1.82, 2.24) is 9.47 Å². The molecule has 162 valence electrons. The van der Waals surface area contributed by atoms with Gasteiger partial charge < -0.3 is 18.9 Å². The van der Waals surface area contributed by atoms with Crippen LogP contribution in [-0.4, -0.2) is 41.2 Å². The molecule has 0 N–H and O–H groups in total. The van der Waals surface area contributed by atoms with Gasteiger partial charge in [-0.1, -0.05) is 13.8 Å². The van der Waals surface area contributed by atoms with Crippen LogP contribution in [-0.2, 0) is 32.8 Å². The lowest BCUT2D eigenvalue weighted by Crippen LogP contribution is -2.69. The smallest absolute Gasteiger partial charge is 0.201 e. The van der Waals surface area contributed by atoms with Gasteiger partial charge in [-0.3, -0.25) is 0 Å². The molecular formula is C23H36N2O4. The van der Waals surface area contributed by atoms with Crippen molar-refractivity contribution in [2.45, 2.75) is 76.8 Å². The van der Waals surface area contributed by atoms with Gasteiger partial charge in [0, 0.05) is 37.3 Å². The summed E-state index contributed by atoms with van der Waals surface area (Å²) in [5, 5.41) is 0. The predicted molar refractivity (Wildman–Crippen MR) is 109 cm³/mol. The van der Waals surface area contributed by atoms with Gasteiger partial charge in [-0.05, 0) is 70.2 Å². The Morgan fingerprint density at radius 3 is 2.66 bits per heavy atom. The third-order valence-corrected chi connectivity index (χ3v) is 8.19. The minimum Gasteiger partial charge on any atom is -0.348 e. The highest BCUT2D eigenvalue weighted by atomic mass is 17.3. The molecule has 0 amide bonds. The molecule has 5 heterocycles. The average molecular weight is 405 g/mol. The van der Waals surface area contributed by atoms with Gasteiger partial charge in [-0.25, -0.2) is 9.78 Å². The summed E-state index contributed by atoms with van der Waals surface area (Å²) in [4.78, 5) is 14.4. The fourth-order valence-electron chi connectivity index (χ4n) is 6.58. The van der Waals surface area contributed by atoms with Crippen molar-refractivity contribution in [3.63, 3.8) is 0 Å². The van der Waals surface area contributed by atoms with E-state index >= 15 is 0 Å². The first kappa shape index (κ1) is 20.0. The molecule has 8 atom stereocenters. The quantitative estimate of drug-likeness (QED) is 0.713. The summed E-state index contributed by atoms with van der Waals surface area (Å²) in [5.41, 5.74) is 2.04. The molecule has 1 aromatic heterocycles. The molecule has 1 aromatic rings. The Morgan fingerprint density at radius 2 is 1.90 bits per heavy atom. The second kappa shape index (κ2) is 6.79. The number of rotatable bonds is 3. The average Bonchev–Trinajstić information content (AvgIpc) is 2.85. The second-order valence-corrected chi connectivity index (χ2v) is 10.4. The van der Waals surface area contributed by atoms with Gasteiger partial charge >= 0.3 is 0 Å². The largest absolute Gasteiger partial charge is 0.348 e. The van der Waals surface area contributed by atoms with Crippen LogP contribution in [0.25, 0.3) is 0 Å². The maximum absolute atomic E-state index is 6.78. The van der Waals surface area contributed by atoms with E-state index in [1.165, 1.54) is 17.8 Å². The van der Waals surface area contributed by atoms with Gasteiger partial charge in [0.25, 0.3) is 0 Å². The van der Waals surface area contributed by atoms with Crippen LogP contribution >= 0.6 is 0 Å². The van der Waals surface area contributed by atoms with Crippen molar-refractivity contribution >= 4 is 0 Å². The zero-order valence-corrected chi connectivity index (χ0v) is 18.7. The predicted octanol–water partition coefficient (Wildman–Crippen LogP) is 4.01. The maximum atomic E-state index is 6.78. The molecule has 2 bridgehead atoms. The Hall–Kier alpha value is -0.920. The number of nitrogens with zero attached hydrogens (tertiary/aromatic N) is 2. The van der Waals surface area contributed by atoms with Crippen molar-refractivity contribution in [2.24, 2.45) is 30.7 Å². The molecule has 6 rings (SSSR count).